The van der Waals surface area contributed by atoms with E-state index in [-0.39, 0.29) is 0 Å². The monoisotopic (exact) mass is 158 g/mol. The van der Waals surface area contributed by atoms with Gasteiger partial charge in [-0.1, -0.05) is 13.3 Å². The quantitative estimate of drug-likeness (QED) is 0.719. The lowest BCUT2D eigenvalue weighted by Gasteiger charge is -1.91. The highest BCUT2D eigenvalue weighted by atomic mass is 35.5. The van der Waals surface area contributed by atoms with Gasteiger partial charge in [-0.15, -0.1) is 0 Å². The molecule has 0 radical (unpaired) electrons. The third-order valence-electron chi connectivity index (χ3n) is 1.40. The van der Waals surface area contributed by atoms with E-state index in [0.717, 1.165) is 12.1 Å². The number of aryl methyl sites for hydroxylation is 1. The van der Waals surface area contributed by atoms with E-state index in [1.807, 2.05) is 0 Å². The maximum atomic E-state index is 5.57. The predicted octanol–water partition coefficient (Wildman–Crippen LogP) is 2.41. The van der Waals surface area contributed by atoms with Crippen molar-refractivity contribution in [2.75, 3.05) is 0 Å². The summed E-state index contributed by atoms with van der Waals surface area (Å²) < 4.78 is 0. The van der Waals surface area contributed by atoms with Gasteiger partial charge < -0.3 is 4.98 Å². The molecule has 10 heavy (non-hydrogen) atoms. The van der Waals surface area contributed by atoms with Crippen molar-refractivity contribution in [1.29, 1.82) is 0 Å². The number of hydrogen-bond donors (Lipinski definition) is 1. The lowest BCUT2D eigenvalue weighted by atomic mass is 10.2. The fourth-order valence-corrected chi connectivity index (χ4v) is 0.996. The molecule has 1 aromatic rings. The number of hydrogen-bond acceptors (Lipinski definition) is 1. The third kappa shape index (κ3) is 2.03. The summed E-state index contributed by atoms with van der Waals surface area (Å²) >= 11 is 5.57. The van der Waals surface area contributed by atoms with Crippen LogP contribution in [-0.2, 0) is 6.42 Å². The van der Waals surface area contributed by atoms with E-state index < -0.39 is 0 Å². The molecule has 2 nitrogen and oxygen atoms in total. The Morgan fingerprint density at radius 1 is 1.70 bits per heavy atom. The second-order valence-corrected chi connectivity index (χ2v) is 2.66. The average molecular weight is 159 g/mol. The third-order valence-corrected chi connectivity index (χ3v) is 1.59. The van der Waals surface area contributed by atoms with Gasteiger partial charge in [0, 0.05) is 11.9 Å². The molecule has 1 aromatic heterocycles. The van der Waals surface area contributed by atoms with Crippen LogP contribution in [0.4, 0.5) is 0 Å². The van der Waals surface area contributed by atoms with Gasteiger partial charge >= 0.3 is 0 Å². The van der Waals surface area contributed by atoms with Crippen molar-refractivity contribution in [3.05, 3.63) is 17.2 Å². The molecule has 1 heterocycles. The van der Waals surface area contributed by atoms with Crippen molar-refractivity contribution >= 4 is 11.6 Å². The van der Waals surface area contributed by atoms with Crippen molar-refractivity contribution < 1.29 is 0 Å². The van der Waals surface area contributed by atoms with E-state index in [0.29, 0.717) is 5.28 Å². The number of halogens is 1. The van der Waals surface area contributed by atoms with Gasteiger partial charge in [-0.25, -0.2) is 4.98 Å². The maximum absolute atomic E-state index is 5.57. The van der Waals surface area contributed by atoms with Crippen LogP contribution in [0.25, 0.3) is 0 Å². The summed E-state index contributed by atoms with van der Waals surface area (Å²) in [7, 11) is 0. The number of aromatic nitrogens is 2. The van der Waals surface area contributed by atoms with Crippen LogP contribution in [0.2, 0.25) is 5.28 Å². The van der Waals surface area contributed by atoms with Crippen molar-refractivity contribution in [2.45, 2.75) is 26.2 Å². The van der Waals surface area contributed by atoms with Gasteiger partial charge in [0.15, 0.2) is 5.28 Å². The van der Waals surface area contributed by atoms with Crippen LogP contribution in [0, 0.1) is 0 Å². The number of rotatable bonds is 3. The Hall–Kier alpha value is -0.500. The zero-order valence-corrected chi connectivity index (χ0v) is 6.78. The van der Waals surface area contributed by atoms with Crippen LogP contribution < -0.4 is 0 Å². The number of H-pyrrole nitrogens is 1. The molecule has 0 amide bonds. The van der Waals surface area contributed by atoms with Crippen LogP contribution in [0.1, 0.15) is 25.5 Å². The van der Waals surface area contributed by atoms with Gasteiger partial charge in [-0.05, 0) is 24.4 Å². The molecule has 0 aliphatic rings. The van der Waals surface area contributed by atoms with Gasteiger partial charge in [-0.2, -0.15) is 0 Å². The van der Waals surface area contributed by atoms with Crippen molar-refractivity contribution in [3.8, 4) is 0 Å². The molecular formula is C7H11ClN2. The van der Waals surface area contributed by atoms with E-state index >= 15 is 0 Å². The topological polar surface area (TPSA) is 28.7 Å². The normalized spacial score (nSPS) is 10.2. The van der Waals surface area contributed by atoms with E-state index in [4.69, 9.17) is 11.6 Å². The second kappa shape index (κ2) is 3.62. The van der Waals surface area contributed by atoms with Crippen molar-refractivity contribution in [2.24, 2.45) is 0 Å². The zero-order chi connectivity index (χ0) is 7.40. The van der Waals surface area contributed by atoms with Gasteiger partial charge in [-0.3, -0.25) is 0 Å². The summed E-state index contributed by atoms with van der Waals surface area (Å²) in [5.41, 5.74) is 1.13. The van der Waals surface area contributed by atoms with Crippen LogP contribution in [0.5, 0.6) is 0 Å². The number of nitrogens with one attached hydrogen (secondary N) is 1. The van der Waals surface area contributed by atoms with E-state index in [2.05, 4.69) is 16.9 Å². The van der Waals surface area contributed by atoms with Crippen LogP contribution in [0.3, 0.4) is 0 Å². The largest absolute Gasteiger partial charge is 0.333 e. The molecule has 0 saturated heterocycles. The Balaban J connectivity index is 2.42. The SMILES string of the molecule is CCCCc1cnc(Cl)[nH]1. The number of imidazole rings is 1. The fraction of sp³-hybridized carbons (Fsp3) is 0.571. The molecule has 1 rings (SSSR count). The smallest absolute Gasteiger partial charge is 0.200 e. The van der Waals surface area contributed by atoms with Crippen LogP contribution >= 0.6 is 11.6 Å². The Morgan fingerprint density at radius 3 is 3.00 bits per heavy atom. The average Bonchev–Trinajstić information content (AvgIpc) is 2.31. The van der Waals surface area contributed by atoms with E-state index in [9.17, 15) is 0 Å². The van der Waals surface area contributed by atoms with E-state index in [1.54, 1.807) is 6.20 Å². The molecule has 1 N–H and O–H groups in total. The first-order chi connectivity index (χ1) is 4.83. The highest BCUT2D eigenvalue weighted by molar-refractivity contribution is 6.28. The van der Waals surface area contributed by atoms with Gasteiger partial charge in [0.1, 0.15) is 0 Å². The van der Waals surface area contributed by atoms with Gasteiger partial charge in [0.2, 0.25) is 0 Å². The minimum absolute atomic E-state index is 0.492. The first kappa shape index (κ1) is 7.61. The van der Waals surface area contributed by atoms with Crippen LogP contribution in [0.15, 0.2) is 6.20 Å². The maximum Gasteiger partial charge on any atom is 0.200 e. The molecule has 0 aliphatic carbocycles. The Morgan fingerprint density at radius 2 is 2.50 bits per heavy atom. The molecule has 0 spiro atoms. The predicted molar refractivity (Wildman–Crippen MR) is 42.2 cm³/mol. The molecule has 0 atom stereocenters. The minimum Gasteiger partial charge on any atom is -0.333 e. The first-order valence-corrected chi connectivity index (χ1v) is 3.90. The molecule has 0 unspecified atom stereocenters. The molecular weight excluding hydrogens is 148 g/mol. The van der Waals surface area contributed by atoms with Crippen LogP contribution in [-0.4, -0.2) is 9.97 Å². The van der Waals surface area contributed by atoms with Crippen molar-refractivity contribution in [3.63, 3.8) is 0 Å². The highest BCUT2D eigenvalue weighted by Gasteiger charge is 1.95. The molecule has 56 valence electrons. The first-order valence-electron chi connectivity index (χ1n) is 3.52. The van der Waals surface area contributed by atoms with Gasteiger partial charge in [0.05, 0.1) is 0 Å². The van der Waals surface area contributed by atoms with Gasteiger partial charge in [0.25, 0.3) is 0 Å². The summed E-state index contributed by atoms with van der Waals surface area (Å²) in [4.78, 5) is 6.84. The lowest BCUT2D eigenvalue weighted by Crippen LogP contribution is -1.82. The number of aromatic amines is 1. The summed E-state index contributed by atoms with van der Waals surface area (Å²) in [6, 6.07) is 0. The summed E-state index contributed by atoms with van der Waals surface area (Å²) in [5.74, 6) is 0. The molecule has 0 fully saturated rings. The summed E-state index contributed by atoms with van der Waals surface area (Å²) in [5, 5.41) is 0.492. The zero-order valence-electron chi connectivity index (χ0n) is 6.02. The molecule has 0 bridgehead atoms. The Labute approximate surface area is 65.6 Å². The van der Waals surface area contributed by atoms with Crippen molar-refractivity contribution in [1.82, 2.24) is 9.97 Å². The standard InChI is InChI=1S/C7H11ClN2/c1-2-3-4-6-5-9-7(8)10-6/h5H,2-4H2,1H3,(H,9,10). The summed E-state index contributed by atoms with van der Waals surface area (Å²) in [6.07, 6.45) is 5.24. The minimum atomic E-state index is 0.492. The highest BCUT2D eigenvalue weighted by Crippen LogP contribution is 2.05. The number of nitrogens with zero attached hydrogens (tertiary/aromatic N) is 1. The Kier molecular flexibility index (Phi) is 2.75. The molecule has 3 heteroatoms. The molecule has 0 saturated carbocycles. The molecule has 0 aromatic carbocycles. The Bertz CT molecular complexity index is 195. The fourth-order valence-electron chi connectivity index (χ4n) is 0.826. The molecule has 0 aliphatic heterocycles. The lowest BCUT2D eigenvalue weighted by molar-refractivity contribution is 0.781. The second-order valence-electron chi connectivity index (χ2n) is 2.30. The summed E-state index contributed by atoms with van der Waals surface area (Å²) in [6.45, 7) is 2.16. The number of unbranched alkanes of at least 4 members (excludes halogenated alkanes) is 1. The van der Waals surface area contributed by atoms with E-state index in [1.165, 1.54) is 12.8 Å².